The fraction of sp³-hybridized carbons (Fsp3) is 0.263. The van der Waals surface area contributed by atoms with Crippen LogP contribution in [0.2, 0.25) is 0 Å². The molecule has 0 spiro atoms. The molecule has 2 aromatic rings. The first-order chi connectivity index (χ1) is 11.7. The number of rotatable bonds is 7. The summed E-state index contributed by atoms with van der Waals surface area (Å²) < 4.78 is 15.1. The molecule has 24 heavy (non-hydrogen) atoms. The lowest BCUT2D eigenvalue weighted by Gasteiger charge is -2.05. The molecule has 5 heteroatoms. The van der Waals surface area contributed by atoms with E-state index in [1.54, 1.807) is 25.5 Å². The maximum atomic E-state index is 11.5. The second kappa shape index (κ2) is 9.35. The van der Waals surface area contributed by atoms with E-state index in [-0.39, 0.29) is 0 Å². The van der Waals surface area contributed by atoms with Gasteiger partial charge in [-0.2, -0.15) is 0 Å². The van der Waals surface area contributed by atoms with Gasteiger partial charge in [-0.05, 0) is 60.5 Å². The molecule has 0 aliphatic heterocycles. The Labute approximate surface area is 141 Å². The molecule has 0 radical (unpaired) electrons. The molecule has 0 unspecified atom stereocenters. The molecule has 2 rings (SSSR count). The molecule has 0 aliphatic rings. The molecule has 0 saturated heterocycles. The highest BCUT2D eigenvalue weighted by atomic mass is 16.7. The Kier molecular flexibility index (Phi) is 6.83. The van der Waals surface area contributed by atoms with Crippen LogP contribution in [-0.2, 0) is 4.74 Å². The van der Waals surface area contributed by atoms with E-state index < -0.39 is 6.16 Å². The van der Waals surface area contributed by atoms with E-state index in [0.29, 0.717) is 12.4 Å². The van der Waals surface area contributed by atoms with Crippen LogP contribution in [0.1, 0.15) is 25.3 Å². The van der Waals surface area contributed by atoms with Crippen LogP contribution in [-0.4, -0.2) is 26.1 Å². The summed E-state index contributed by atoms with van der Waals surface area (Å²) in [6.45, 7) is 2.41. The van der Waals surface area contributed by atoms with Gasteiger partial charge < -0.3 is 14.2 Å². The smallest absolute Gasteiger partial charge is 0.497 e. The van der Waals surface area contributed by atoms with E-state index in [9.17, 15) is 4.79 Å². The Balaban J connectivity index is 1.89. The van der Waals surface area contributed by atoms with Crippen LogP contribution in [0, 0.1) is 0 Å². The Hall–Kier alpha value is -2.82. The topological polar surface area (TPSA) is 57.1 Å². The minimum atomic E-state index is -0.678. The van der Waals surface area contributed by atoms with Gasteiger partial charge >= 0.3 is 6.16 Å². The number of ether oxygens (including phenoxy) is 3. The summed E-state index contributed by atoms with van der Waals surface area (Å²) >= 11 is 0. The van der Waals surface area contributed by atoms with E-state index >= 15 is 0 Å². The summed E-state index contributed by atoms with van der Waals surface area (Å²) in [6, 6.07) is 14.5. The molecule has 0 N–H and O–H groups in total. The SMILES string of the molecule is CCCCOC(=O)Oc1ccc(C=Nc2ccc(OC)cc2)cc1. The van der Waals surface area contributed by atoms with Gasteiger partial charge in [-0.25, -0.2) is 4.79 Å². The molecule has 0 atom stereocenters. The number of hydrogen-bond donors (Lipinski definition) is 0. The average Bonchev–Trinajstić information content (AvgIpc) is 2.62. The Morgan fingerprint density at radius 1 is 1.04 bits per heavy atom. The van der Waals surface area contributed by atoms with Crippen molar-refractivity contribution in [3.63, 3.8) is 0 Å². The minimum Gasteiger partial charge on any atom is -0.497 e. The fourth-order valence-electron chi connectivity index (χ4n) is 1.86. The third-order valence-corrected chi connectivity index (χ3v) is 3.23. The maximum Gasteiger partial charge on any atom is 0.513 e. The molecule has 0 amide bonds. The lowest BCUT2D eigenvalue weighted by atomic mass is 10.2. The summed E-state index contributed by atoms with van der Waals surface area (Å²) in [7, 11) is 1.63. The third-order valence-electron chi connectivity index (χ3n) is 3.23. The van der Waals surface area contributed by atoms with Crippen molar-refractivity contribution in [3.8, 4) is 11.5 Å². The lowest BCUT2D eigenvalue weighted by molar-refractivity contribution is 0.0978. The monoisotopic (exact) mass is 327 g/mol. The van der Waals surface area contributed by atoms with Crippen LogP contribution in [0.3, 0.4) is 0 Å². The van der Waals surface area contributed by atoms with Gasteiger partial charge in [0.1, 0.15) is 11.5 Å². The highest BCUT2D eigenvalue weighted by Gasteiger charge is 2.05. The van der Waals surface area contributed by atoms with E-state index in [0.717, 1.165) is 29.8 Å². The van der Waals surface area contributed by atoms with Crippen LogP contribution in [0.5, 0.6) is 11.5 Å². The molecule has 0 heterocycles. The van der Waals surface area contributed by atoms with E-state index in [1.807, 2.05) is 43.3 Å². The quantitative estimate of drug-likeness (QED) is 0.318. The zero-order valence-corrected chi connectivity index (χ0v) is 13.9. The second-order valence-corrected chi connectivity index (χ2v) is 5.08. The third kappa shape index (κ3) is 5.76. The summed E-state index contributed by atoms with van der Waals surface area (Å²) in [5, 5.41) is 0. The van der Waals surface area contributed by atoms with E-state index in [2.05, 4.69) is 4.99 Å². The molecule has 5 nitrogen and oxygen atoms in total. The van der Waals surface area contributed by atoms with Crippen LogP contribution in [0.25, 0.3) is 0 Å². The number of hydrogen-bond acceptors (Lipinski definition) is 5. The Morgan fingerprint density at radius 2 is 1.71 bits per heavy atom. The minimum absolute atomic E-state index is 0.377. The molecular formula is C19H21NO4. The summed E-state index contributed by atoms with van der Waals surface area (Å²) in [6.07, 6.45) is 2.86. The number of benzene rings is 2. The maximum absolute atomic E-state index is 11.5. The van der Waals surface area contributed by atoms with Crippen molar-refractivity contribution in [2.45, 2.75) is 19.8 Å². The van der Waals surface area contributed by atoms with E-state index in [4.69, 9.17) is 14.2 Å². The first-order valence-corrected chi connectivity index (χ1v) is 7.84. The van der Waals surface area contributed by atoms with Gasteiger partial charge in [0.25, 0.3) is 0 Å². The second-order valence-electron chi connectivity index (χ2n) is 5.08. The highest BCUT2D eigenvalue weighted by molar-refractivity contribution is 5.82. The van der Waals surface area contributed by atoms with Gasteiger partial charge in [-0.15, -0.1) is 0 Å². The lowest BCUT2D eigenvalue weighted by Crippen LogP contribution is -2.11. The van der Waals surface area contributed by atoms with Gasteiger partial charge in [-0.1, -0.05) is 13.3 Å². The molecule has 0 fully saturated rings. The normalized spacial score (nSPS) is 10.6. The number of nitrogens with zero attached hydrogens (tertiary/aromatic N) is 1. The van der Waals surface area contributed by atoms with Crippen LogP contribution < -0.4 is 9.47 Å². The van der Waals surface area contributed by atoms with Crippen molar-refractivity contribution < 1.29 is 19.0 Å². The average molecular weight is 327 g/mol. The highest BCUT2D eigenvalue weighted by Crippen LogP contribution is 2.18. The molecule has 0 bridgehead atoms. The van der Waals surface area contributed by atoms with Crippen molar-refractivity contribution in [1.82, 2.24) is 0 Å². The van der Waals surface area contributed by atoms with Crippen molar-refractivity contribution in [2.24, 2.45) is 4.99 Å². The molecule has 0 aliphatic carbocycles. The molecule has 0 saturated carbocycles. The first kappa shape index (κ1) is 17.5. The number of carbonyl (C=O) groups is 1. The van der Waals surface area contributed by atoms with Gasteiger partial charge in [0.2, 0.25) is 0 Å². The molecule has 2 aromatic carbocycles. The van der Waals surface area contributed by atoms with E-state index in [1.165, 1.54) is 0 Å². The predicted molar refractivity (Wildman–Crippen MR) is 93.6 cm³/mol. The molecule has 0 aromatic heterocycles. The van der Waals surface area contributed by atoms with Gasteiger partial charge in [0.05, 0.1) is 19.4 Å². The van der Waals surface area contributed by atoms with Crippen molar-refractivity contribution in [1.29, 1.82) is 0 Å². The van der Waals surface area contributed by atoms with Gasteiger partial charge in [0.15, 0.2) is 0 Å². The van der Waals surface area contributed by atoms with Crippen molar-refractivity contribution in [2.75, 3.05) is 13.7 Å². The molecular weight excluding hydrogens is 306 g/mol. The first-order valence-electron chi connectivity index (χ1n) is 7.84. The van der Waals surface area contributed by atoms with Crippen molar-refractivity contribution >= 4 is 18.1 Å². The zero-order valence-electron chi connectivity index (χ0n) is 13.9. The van der Waals surface area contributed by atoms with Gasteiger partial charge in [0, 0.05) is 6.21 Å². The number of methoxy groups -OCH3 is 1. The predicted octanol–water partition coefficient (Wildman–Crippen LogP) is 4.76. The number of carbonyl (C=O) groups excluding carboxylic acids is 1. The summed E-state index contributed by atoms with van der Waals surface area (Å²) in [5.41, 5.74) is 1.73. The van der Waals surface area contributed by atoms with Crippen LogP contribution in [0.15, 0.2) is 53.5 Å². The summed E-state index contributed by atoms with van der Waals surface area (Å²) in [5.74, 6) is 1.24. The Bertz CT molecular complexity index is 663. The number of aliphatic imine (C=N–C) groups is 1. The van der Waals surface area contributed by atoms with Crippen molar-refractivity contribution in [3.05, 3.63) is 54.1 Å². The largest absolute Gasteiger partial charge is 0.513 e. The van der Waals surface area contributed by atoms with Gasteiger partial charge in [-0.3, -0.25) is 4.99 Å². The zero-order chi connectivity index (χ0) is 17.2. The van der Waals surface area contributed by atoms with Crippen LogP contribution in [0.4, 0.5) is 10.5 Å². The Morgan fingerprint density at radius 3 is 2.33 bits per heavy atom. The fourth-order valence-corrected chi connectivity index (χ4v) is 1.86. The van der Waals surface area contributed by atoms with Crippen LogP contribution >= 0.6 is 0 Å². The number of unbranched alkanes of at least 4 members (excludes halogenated alkanes) is 1. The standard InChI is InChI=1S/C19H21NO4/c1-3-4-13-23-19(21)24-18-9-5-15(6-10-18)14-20-16-7-11-17(22-2)12-8-16/h5-12,14H,3-4,13H2,1-2H3. The molecule has 126 valence electrons. The summed E-state index contributed by atoms with van der Waals surface area (Å²) in [4.78, 5) is 15.8.